The van der Waals surface area contributed by atoms with Gasteiger partial charge in [-0.05, 0) is 36.7 Å². The molecule has 1 aliphatic heterocycles. The maximum Gasteiger partial charge on any atom is 0.416 e. The summed E-state index contributed by atoms with van der Waals surface area (Å²) < 4.78 is 47.5. The number of carbonyl (C=O) groups excluding carboxylic acids is 1. The molecule has 0 radical (unpaired) electrons. The summed E-state index contributed by atoms with van der Waals surface area (Å²) in [4.78, 5) is 19.4. The molecule has 4 aromatic rings. The molecule has 1 N–H and O–H groups in total. The fraction of sp³-hybridized carbons (Fsp3) is 0.357. The molecule has 0 unspecified atom stereocenters. The van der Waals surface area contributed by atoms with E-state index in [2.05, 4.69) is 25.4 Å². The van der Waals surface area contributed by atoms with Gasteiger partial charge in [-0.2, -0.15) is 13.2 Å². The van der Waals surface area contributed by atoms with Crippen LogP contribution >= 0.6 is 23.1 Å². The molecule has 41 heavy (non-hydrogen) atoms. The van der Waals surface area contributed by atoms with Crippen LogP contribution in [0.15, 0.2) is 65.1 Å². The predicted molar refractivity (Wildman–Crippen MR) is 151 cm³/mol. The van der Waals surface area contributed by atoms with E-state index >= 15 is 0 Å². The first-order valence-corrected chi connectivity index (χ1v) is 15.0. The summed E-state index contributed by atoms with van der Waals surface area (Å²) in [5.74, 6) is 0.684. The number of rotatable bonds is 11. The molecule has 1 aliphatic rings. The van der Waals surface area contributed by atoms with E-state index in [9.17, 15) is 18.0 Å². The second-order valence-corrected chi connectivity index (χ2v) is 11.3. The van der Waals surface area contributed by atoms with Gasteiger partial charge in [0.25, 0.3) is 5.91 Å². The number of morpholine rings is 1. The van der Waals surface area contributed by atoms with Crippen molar-refractivity contribution in [3.8, 4) is 5.69 Å². The first-order valence-electron chi connectivity index (χ1n) is 13.2. The van der Waals surface area contributed by atoms with Crippen LogP contribution in [0, 0.1) is 0 Å². The highest BCUT2D eigenvalue weighted by Gasteiger charge is 2.31. The van der Waals surface area contributed by atoms with Crippen LogP contribution in [0.3, 0.4) is 0 Å². The lowest BCUT2D eigenvalue weighted by atomic mass is 10.1. The number of hydrogen-bond donors (Lipinski definition) is 1. The van der Waals surface area contributed by atoms with E-state index in [4.69, 9.17) is 4.74 Å². The Hall–Kier alpha value is -3.26. The Balaban J connectivity index is 1.25. The molecule has 3 heterocycles. The highest BCUT2D eigenvalue weighted by Crippen LogP contribution is 2.33. The molecule has 0 aliphatic carbocycles. The number of amides is 1. The third-order valence-corrected chi connectivity index (χ3v) is 8.46. The second-order valence-electron chi connectivity index (χ2n) is 9.42. The molecule has 2 aromatic carbocycles. The second kappa shape index (κ2) is 13.6. The minimum Gasteiger partial charge on any atom is -0.379 e. The summed E-state index contributed by atoms with van der Waals surface area (Å²) in [6.45, 7) is 4.78. The van der Waals surface area contributed by atoms with Crippen LogP contribution in [-0.2, 0) is 23.1 Å². The standard InChI is InChI=1S/C28H29F3N6O2S2/c29-28(30,31)21-8-4-9-22(17-21)37-24(16-20-6-2-1-3-7-20)34-35-27(37)41-19-25-33-23(18-40-25)26(38)32-10-5-11-36-12-14-39-15-13-36/h1-4,6-9,17-18H,5,10-16,19H2,(H,32,38). The van der Waals surface area contributed by atoms with E-state index in [0.717, 1.165) is 57.0 Å². The molecule has 8 nitrogen and oxygen atoms in total. The molecule has 2 aromatic heterocycles. The van der Waals surface area contributed by atoms with Gasteiger partial charge in [0, 0.05) is 31.4 Å². The molecular formula is C28H29F3N6O2S2. The summed E-state index contributed by atoms with van der Waals surface area (Å²) in [6, 6.07) is 14.7. The van der Waals surface area contributed by atoms with Gasteiger partial charge in [0.1, 0.15) is 16.5 Å². The average molecular weight is 603 g/mol. The number of halogens is 3. The zero-order chi connectivity index (χ0) is 28.7. The number of benzene rings is 2. The van der Waals surface area contributed by atoms with Gasteiger partial charge in [0.15, 0.2) is 5.16 Å². The van der Waals surface area contributed by atoms with Crippen LogP contribution in [0.1, 0.15) is 38.9 Å². The van der Waals surface area contributed by atoms with Crippen molar-refractivity contribution in [2.24, 2.45) is 0 Å². The molecule has 1 fully saturated rings. The summed E-state index contributed by atoms with van der Waals surface area (Å²) in [6.07, 6.45) is -3.23. The molecule has 1 amide bonds. The van der Waals surface area contributed by atoms with E-state index in [0.29, 0.717) is 46.1 Å². The maximum atomic E-state index is 13.5. The highest BCUT2D eigenvalue weighted by atomic mass is 32.2. The lowest BCUT2D eigenvalue weighted by Crippen LogP contribution is -2.38. The largest absolute Gasteiger partial charge is 0.416 e. The summed E-state index contributed by atoms with van der Waals surface area (Å²) in [5.41, 5.74) is 0.895. The first kappa shape index (κ1) is 29.2. The lowest BCUT2D eigenvalue weighted by Gasteiger charge is -2.26. The van der Waals surface area contributed by atoms with Gasteiger partial charge in [-0.25, -0.2) is 4.98 Å². The SMILES string of the molecule is O=C(NCCCN1CCOCC1)c1csc(CSc2nnc(Cc3ccccc3)n2-c2cccc(C(F)(F)F)c2)n1. The minimum absolute atomic E-state index is 0.225. The van der Waals surface area contributed by atoms with E-state index < -0.39 is 11.7 Å². The summed E-state index contributed by atoms with van der Waals surface area (Å²) in [7, 11) is 0. The fourth-order valence-electron chi connectivity index (χ4n) is 4.40. The number of thioether (sulfide) groups is 1. The Bertz CT molecular complexity index is 1440. The van der Waals surface area contributed by atoms with E-state index in [1.807, 2.05) is 30.3 Å². The van der Waals surface area contributed by atoms with Crippen molar-refractivity contribution in [2.75, 3.05) is 39.4 Å². The quantitative estimate of drug-likeness (QED) is 0.189. The van der Waals surface area contributed by atoms with Gasteiger partial charge in [-0.15, -0.1) is 21.5 Å². The van der Waals surface area contributed by atoms with Gasteiger partial charge < -0.3 is 10.1 Å². The lowest BCUT2D eigenvalue weighted by molar-refractivity contribution is -0.137. The Morgan fingerprint density at radius 1 is 1.07 bits per heavy atom. The van der Waals surface area contributed by atoms with Crippen molar-refractivity contribution in [2.45, 2.75) is 29.9 Å². The Kier molecular flexibility index (Phi) is 9.70. The van der Waals surface area contributed by atoms with Crippen LogP contribution in [0.2, 0.25) is 0 Å². The maximum absolute atomic E-state index is 13.5. The normalized spacial score (nSPS) is 14.3. The highest BCUT2D eigenvalue weighted by molar-refractivity contribution is 7.98. The summed E-state index contributed by atoms with van der Waals surface area (Å²) >= 11 is 2.67. The van der Waals surface area contributed by atoms with Crippen LogP contribution in [0.4, 0.5) is 13.2 Å². The molecule has 216 valence electrons. The Labute approximate surface area is 244 Å². The number of ether oxygens (including phenoxy) is 1. The number of nitrogens with one attached hydrogen (secondary N) is 1. The van der Waals surface area contributed by atoms with Gasteiger partial charge >= 0.3 is 6.18 Å². The van der Waals surface area contributed by atoms with Gasteiger partial charge in [0.2, 0.25) is 0 Å². The van der Waals surface area contributed by atoms with E-state index in [-0.39, 0.29) is 5.91 Å². The number of hydrogen-bond acceptors (Lipinski definition) is 8. The first-order chi connectivity index (χ1) is 19.9. The number of carbonyl (C=O) groups is 1. The van der Waals surface area contributed by atoms with Crippen LogP contribution in [0.5, 0.6) is 0 Å². The van der Waals surface area contributed by atoms with E-state index in [1.165, 1.54) is 29.2 Å². The predicted octanol–water partition coefficient (Wildman–Crippen LogP) is 5.08. The van der Waals surface area contributed by atoms with Gasteiger partial charge in [-0.3, -0.25) is 14.3 Å². The van der Waals surface area contributed by atoms with Crippen molar-refractivity contribution in [3.63, 3.8) is 0 Å². The molecular weight excluding hydrogens is 573 g/mol. The smallest absolute Gasteiger partial charge is 0.379 e. The zero-order valence-electron chi connectivity index (χ0n) is 22.1. The average Bonchev–Trinajstić information content (AvgIpc) is 3.62. The van der Waals surface area contributed by atoms with E-state index in [1.54, 1.807) is 16.0 Å². The molecule has 0 spiro atoms. The molecule has 5 rings (SSSR count). The zero-order valence-corrected chi connectivity index (χ0v) is 23.8. The topological polar surface area (TPSA) is 85.2 Å². The molecule has 1 saturated heterocycles. The Morgan fingerprint density at radius 2 is 1.88 bits per heavy atom. The van der Waals surface area contributed by atoms with Crippen LogP contribution in [0.25, 0.3) is 5.69 Å². The molecule has 0 bridgehead atoms. The number of nitrogens with zero attached hydrogens (tertiary/aromatic N) is 5. The third kappa shape index (κ3) is 7.94. The Morgan fingerprint density at radius 3 is 2.66 bits per heavy atom. The van der Waals surface area contributed by atoms with Gasteiger partial charge in [0.05, 0.1) is 30.2 Å². The third-order valence-electron chi connectivity index (χ3n) is 6.49. The molecule has 0 saturated carbocycles. The van der Waals surface area contributed by atoms with Crippen molar-refractivity contribution >= 4 is 29.0 Å². The fourth-order valence-corrected chi connectivity index (χ4v) is 6.16. The van der Waals surface area contributed by atoms with Crippen molar-refractivity contribution in [1.29, 1.82) is 0 Å². The van der Waals surface area contributed by atoms with Crippen molar-refractivity contribution in [3.05, 3.63) is 87.6 Å². The minimum atomic E-state index is -4.47. The van der Waals surface area contributed by atoms with Crippen molar-refractivity contribution in [1.82, 2.24) is 30.0 Å². The number of alkyl halides is 3. The summed E-state index contributed by atoms with van der Waals surface area (Å²) in [5, 5.41) is 14.4. The van der Waals surface area contributed by atoms with Gasteiger partial charge in [-0.1, -0.05) is 48.2 Å². The number of aromatic nitrogens is 4. The van der Waals surface area contributed by atoms with Crippen LogP contribution < -0.4 is 5.32 Å². The van der Waals surface area contributed by atoms with Crippen molar-refractivity contribution < 1.29 is 22.7 Å². The number of thiazole rings is 1. The van der Waals surface area contributed by atoms with Crippen LogP contribution in [-0.4, -0.2) is 69.9 Å². The monoisotopic (exact) mass is 602 g/mol. The molecule has 0 atom stereocenters. The molecule has 13 heteroatoms.